The van der Waals surface area contributed by atoms with Crippen LogP contribution in [0.25, 0.3) is 0 Å². The Hall–Kier alpha value is -0.820. The van der Waals surface area contributed by atoms with E-state index in [2.05, 4.69) is 56.9 Å². The SMILES string of the molecule is Cc1cccc(C(C)N2CCC(C)C(C)C2)c1. The van der Waals surface area contributed by atoms with Crippen LogP contribution in [0.15, 0.2) is 24.3 Å². The highest BCUT2D eigenvalue weighted by Gasteiger charge is 2.26. The number of benzene rings is 1. The van der Waals surface area contributed by atoms with Crippen molar-refractivity contribution in [2.24, 2.45) is 11.8 Å². The molecule has 1 heterocycles. The molecule has 1 fully saturated rings. The molecule has 1 aliphatic heterocycles. The van der Waals surface area contributed by atoms with Gasteiger partial charge in [0.15, 0.2) is 0 Å². The van der Waals surface area contributed by atoms with Gasteiger partial charge in [0.25, 0.3) is 0 Å². The van der Waals surface area contributed by atoms with Gasteiger partial charge in [0.2, 0.25) is 0 Å². The van der Waals surface area contributed by atoms with E-state index in [9.17, 15) is 0 Å². The molecule has 1 nitrogen and oxygen atoms in total. The molecule has 0 saturated carbocycles. The van der Waals surface area contributed by atoms with Crippen molar-refractivity contribution in [1.82, 2.24) is 4.90 Å². The van der Waals surface area contributed by atoms with E-state index in [0.29, 0.717) is 6.04 Å². The largest absolute Gasteiger partial charge is 0.296 e. The van der Waals surface area contributed by atoms with E-state index < -0.39 is 0 Å². The minimum atomic E-state index is 0.560. The lowest BCUT2D eigenvalue weighted by Crippen LogP contribution is -2.39. The van der Waals surface area contributed by atoms with Crippen LogP contribution in [-0.2, 0) is 0 Å². The molecule has 94 valence electrons. The van der Waals surface area contributed by atoms with E-state index in [0.717, 1.165) is 11.8 Å². The standard InChI is InChI=1S/C16H25N/c1-12-6-5-7-16(10-12)15(4)17-9-8-13(2)14(3)11-17/h5-7,10,13-15H,8-9,11H2,1-4H3. The molecule has 0 bridgehead atoms. The highest BCUT2D eigenvalue weighted by molar-refractivity contribution is 5.24. The summed E-state index contributed by atoms with van der Waals surface area (Å²) in [4.78, 5) is 2.64. The van der Waals surface area contributed by atoms with Gasteiger partial charge in [0.05, 0.1) is 0 Å². The Balaban J connectivity index is 2.07. The van der Waals surface area contributed by atoms with Crippen LogP contribution < -0.4 is 0 Å². The summed E-state index contributed by atoms with van der Waals surface area (Å²) in [7, 11) is 0. The van der Waals surface area contributed by atoms with Crippen LogP contribution in [-0.4, -0.2) is 18.0 Å². The van der Waals surface area contributed by atoms with Gasteiger partial charge in [-0.15, -0.1) is 0 Å². The summed E-state index contributed by atoms with van der Waals surface area (Å²) in [6, 6.07) is 9.51. The monoisotopic (exact) mass is 231 g/mol. The van der Waals surface area contributed by atoms with Crippen LogP contribution in [0, 0.1) is 18.8 Å². The topological polar surface area (TPSA) is 3.24 Å². The van der Waals surface area contributed by atoms with Gasteiger partial charge < -0.3 is 0 Å². The first-order valence-electron chi connectivity index (χ1n) is 6.88. The maximum absolute atomic E-state index is 2.64. The minimum absolute atomic E-state index is 0.560. The molecule has 0 radical (unpaired) electrons. The average Bonchev–Trinajstić information content (AvgIpc) is 2.32. The predicted octanol–water partition coefficient (Wildman–Crippen LogP) is 4.03. The quantitative estimate of drug-likeness (QED) is 0.742. The maximum atomic E-state index is 2.64. The molecule has 1 aromatic carbocycles. The molecule has 0 amide bonds. The van der Waals surface area contributed by atoms with Crippen molar-refractivity contribution in [3.05, 3.63) is 35.4 Å². The molecule has 3 unspecified atom stereocenters. The molecule has 3 atom stereocenters. The zero-order valence-corrected chi connectivity index (χ0v) is 11.6. The summed E-state index contributed by atoms with van der Waals surface area (Å²) in [5.41, 5.74) is 2.83. The minimum Gasteiger partial charge on any atom is -0.296 e. The van der Waals surface area contributed by atoms with Crippen LogP contribution in [0.2, 0.25) is 0 Å². The summed E-state index contributed by atoms with van der Waals surface area (Å²) in [5.74, 6) is 1.71. The van der Waals surface area contributed by atoms with Crippen LogP contribution in [0.4, 0.5) is 0 Å². The smallest absolute Gasteiger partial charge is 0.0320 e. The van der Waals surface area contributed by atoms with Gasteiger partial charge >= 0.3 is 0 Å². The second-order valence-electron chi connectivity index (χ2n) is 5.83. The lowest BCUT2D eigenvalue weighted by atomic mass is 9.87. The van der Waals surface area contributed by atoms with Crippen LogP contribution in [0.5, 0.6) is 0 Å². The van der Waals surface area contributed by atoms with Gasteiger partial charge in [0.1, 0.15) is 0 Å². The van der Waals surface area contributed by atoms with Gasteiger partial charge in [-0.05, 0) is 44.2 Å². The number of likely N-dealkylation sites (tertiary alicyclic amines) is 1. The third-order valence-corrected chi connectivity index (χ3v) is 4.44. The maximum Gasteiger partial charge on any atom is 0.0320 e. The molecule has 1 aliphatic rings. The van der Waals surface area contributed by atoms with Gasteiger partial charge in [-0.2, -0.15) is 0 Å². The molecule has 1 saturated heterocycles. The molecule has 0 N–H and O–H groups in total. The second-order valence-corrected chi connectivity index (χ2v) is 5.83. The van der Waals surface area contributed by atoms with Crippen LogP contribution in [0.1, 0.15) is 44.4 Å². The lowest BCUT2D eigenvalue weighted by molar-refractivity contribution is 0.103. The van der Waals surface area contributed by atoms with Crippen molar-refractivity contribution in [3.8, 4) is 0 Å². The van der Waals surface area contributed by atoms with Crippen molar-refractivity contribution in [2.75, 3.05) is 13.1 Å². The number of nitrogens with zero attached hydrogens (tertiary/aromatic N) is 1. The Kier molecular flexibility index (Phi) is 3.88. The number of hydrogen-bond acceptors (Lipinski definition) is 1. The summed E-state index contributed by atoms with van der Waals surface area (Å²) in [6.07, 6.45) is 1.34. The van der Waals surface area contributed by atoms with Crippen molar-refractivity contribution in [2.45, 2.75) is 40.2 Å². The van der Waals surface area contributed by atoms with E-state index in [4.69, 9.17) is 0 Å². The first kappa shape index (κ1) is 12.6. The van der Waals surface area contributed by atoms with E-state index >= 15 is 0 Å². The molecule has 0 aliphatic carbocycles. The van der Waals surface area contributed by atoms with Crippen LogP contribution in [0.3, 0.4) is 0 Å². The molecule has 0 spiro atoms. The molecular weight excluding hydrogens is 206 g/mol. The third-order valence-electron chi connectivity index (χ3n) is 4.44. The average molecular weight is 231 g/mol. The summed E-state index contributed by atoms with van der Waals surface area (Å²) < 4.78 is 0. The van der Waals surface area contributed by atoms with Crippen molar-refractivity contribution < 1.29 is 0 Å². The number of piperidine rings is 1. The third kappa shape index (κ3) is 2.90. The molecule has 1 aromatic rings. The first-order chi connectivity index (χ1) is 8.08. The number of aryl methyl sites for hydroxylation is 1. The van der Waals surface area contributed by atoms with E-state index in [1.54, 1.807) is 0 Å². The Labute approximate surface area is 106 Å². The van der Waals surface area contributed by atoms with Crippen molar-refractivity contribution in [3.63, 3.8) is 0 Å². The molecule has 1 heteroatoms. The number of hydrogen-bond donors (Lipinski definition) is 0. The van der Waals surface area contributed by atoms with Gasteiger partial charge in [-0.25, -0.2) is 0 Å². The Morgan fingerprint density at radius 1 is 1.24 bits per heavy atom. The Bertz CT molecular complexity index is 372. The van der Waals surface area contributed by atoms with Gasteiger partial charge in [-0.3, -0.25) is 4.90 Å². The molecule has 17 heavy (non-hydrogen) atoms. The zero-order chi connectivity index (χ0) is 12.4. The predicted molar refractivity (Wildman–Crippen MR) is 74.1 cm³/mol. The Morgan fingerprint density at radius 3 is 2.65 bits per heavy atom. The zero-order valence-electron chi connectivity index (χ0n) is 11.6. The lowest BCUT2D eigenvalue weighted by Gasteiger charge is -2.39. The normalized spacial score (nSPS) is 28.0. The molecule has 2 rings (SSSR count). The summed E-state index contributed by atoms with van der Waals surface area (Å²) >= 11 is 0. The highest BCUT2D eigenvalue weighted by Crippen LogP contribution is 2.29. The van der Waals surface area contributed by atoms with Crippen LogP contribution >= 0.6 is 0 Å². The molecular formula is C16H25N. The Morgan fingerprint density at radius 2 is 2.00 bits per heavy atom. The van der Waals surface area contributed by atoms with E-state index in [-0.39, 0.29) is 0 Å². The number of rotatable bonds is 2. The second kappa shape index (κ2) is 5.22. The highest BCUT2D eigenvalue weighted by atomic mass is 15.2. The van der Waals surface area contributed by atoms with Gasteiger partial charge in [-0.1, -0.05) is 43.7 Å². The van der Waals surface area contributed by atoms with E-state index in [1.807, 2.05) is 0 Å². The molecule has 0 aromatic heterocycles. The first-order valence-corrected chi connectivity index (χ1v) is 6.88. The summed E-state index contributed by atoms with van der Waals surface area (Å²) in [5, 5.41) is 0. The fourth-order valence-electron chi connectivity index (χ4n) is 2.79. The summed E-state index contributed by atoms with van der Waals surface area (Å²) in [6.45, 7) is 11.8. The fraction of sp³-hybridized carbons (Fsp3) is 0.625. The van der Waals surface area contributed by atoms with E-state index in [1.165, 1.54) is 30.6 Å². The van der Waals surface area contributed by atoms with Crippen molar-refractivity contribution in [1.29, 1.82) is 0 Å². The van der Waals surface area contributed by atoms with Gasteiger partial charge in [0, 0.05) is 12.6 Å². The fourth-order valence-corrected chi connectivity index (χ4v) is 2.79. The van der Waals surface area contributed by atoms with Crippen molar-refractivity contribution >= 4 is 0 Å².